The molecule has 0 aliphatic rings. The summed E-state index contributed by atoms with van der Waals surface area (Å²) in [5, 5.41) is 3.92. The smallest absolute Gasteiger partial charge is 0.145 e. The van der Waals surface area contributed by atoms with Crippen LogP contribution in [0.1, 0.15) is 13.3 Å². The summed E-state index contributed by atoms with van der Waals surface area (Å²) in [5.41, 5.74) is 0.907. The van der Waals surface area contributed by atoms with Crippen LogP contribution in [0.2, 0.25) is 5.02 Å². The lowest BCUT2D eigenvalue weighted by Gasteiger charge is -2.13. The van der Waals surface area contributed by atoms with Gasteiger partial charge in [-0.05, 0) is 24.0 Å². The second-order valence-corrected chi connectivity index (χ2v) is 5.47. The van der Waals surface area contributed by atoms with E-state index in [2.05, 4.69) is 12.2 Å². The molecule has 1 rings (SSSR count). The SMILES string of the molecule is CCSCCCNc1cc(Cl)c(OC)cc1OC. The Morgan fingerprint density at radius 2 is 1.94 bits per heavy atom. The van der Waals surface area contributed by atoms with Gasteiger partial charge in [0.2, 0.25) is 0 Å². The van der Waals surface area contributed by atoms with Crippen LogP contribution in [0.25, 0.3) is 0 Å². The Morgan fingerprint density at radius 1 is 1.22 bits per heavy atom. The minimum atomic E-state index is 0.587. The van der Waals surface area contributed by atoms with Gasteiger partial charge in [-0.15, -0.1) is 0 Å². The number of nitrogens with one attached hydrogen (secondary N) is 1. The minimum absolute atomic E-state index is 0.587. The summed E-state index contributed by atoms with van der Waals surface area (Å²) >= 11 is 8.04. The number of anilines is 1. The number of hydrogen-bond acceptors (Lipinski definition) is 4. The maximum Gasteiger partial charge on any atom is 0.145 e. The molecule has 0 unspecified atom stereocenters. The maximum atomic E-state index is 6.10. The van der Waals surface area contributed by atoms with Gasteiger partial charge in [0, 0.05) is 12.6 Å². The summed E-state index contributed by atoms with van der Waals surface area (Å²) in [6, 6.07) is 3.64. The molecule has 0 radical (unpaired) electrons. The Morgan fingerprint density at radius 3 is 2.56 bits per heavy atom. The third-order valence-electron chi connectivity index (χ3n) is 2.46. The molecule has 1 aromatic rings. The van der Waals surface area contributed by atoms with E-state index >= 15 is 0 Å². The Kier molecular flexibility index (Phi) is 7.13. The van der Waals surface area contributed by atoms with Crippen molar-refractivity contribution in [3.8, 4) is 11.5 Å². The lowest BCUT2D eigenvalue weighted by Crippen LogP contribution is -2.04. The third kappa shape index (κ3) is 4.50. The molecule has 0 saturated heterocycles. The molecule has 5 heteroatoms. The van der Waals surface area contributed by atoms with Crippen LogP contribution in [0.3, 0.4) is 0 Å². The van der Waals surface area contributed by atoms with Crippen molar-refractivity contribution >= 4 is 29.1 Å². The van der Waals surface area contributed by atoms with E-state index in [-0.39, 0.29) is 0 Å². The van der Waals surface area contributed by atoms with E-state index in [0.717, 1.165) is 35.9 Å². The topological polar surface area (TPSA) is 30.5 Å². The van der Waals surface area contributed by atoms with Crippen LogP contribution in [0.15, 0.2) is 12.1 Å². The molecule has 102 valence electrons. The molecule has 0 aliphatic heterocycles. The average molecular weight is 290 g/mol. The quantitative estimate of drug-likeness (QED) is 0.735. The lowest BCUT2D eigenvalue weighted by molar-refractivity contribution is 0.395. The fourth-order valence-electron chi connectivity index (χ4n) is 1.54. The molecule has 0 aliphatic carbocycles. The van der Waals surface area contributed by atoms with E-state index in [1.165, 1.54) is 0 Å². The largest absolute Gasteiger partial charge is 0.495 e. The summed E-state index contributed by atoms with van der Waals surface area (Å²) in [4.78, 5) is 0. The van der Waals surface area contributed by atoms with Gasteiger partial charge in [-0.25, -0.2) is 0 Å². The monoisotopic (exact) mass is 289 g/mol. The van der Waals surface area contributed by atoms with E-state index in [4.69, 9.17) is 21.1 Å². The summed E-state index contributed by atoms with van der Waals surface area (Å²) in [6.45, 7) is 3.08. The van der Waals surface area contributed by atoms with Crippen LogP contribution in [0, 0.1) is 0 Å². The van der Waals surface area contributed by atoms with E-state index in [0.29, 0.717) is 10.8 Å². The summed E-state index contributed by atoms with van der Waals surface area (Å²) in [5.74, 6) is 3.70. The number of thioether (sulfide) groups is 1. The van der Waals surface area contributed by atoms with Gasteiger partial charge in [0.25, 0.3) is 0 Å². The average Bonchev–Trinajstić information content (AvgIpc) is 2.38. The molecular weight excluding hydrogens is 270 g/mol. The van der Waals surface area contributed by atoms with Crippen molar-refractivity contribution in [2.45, 2.75) is 13.3 Å². The highest BCUT2D eigenvalue weighted by atomic mass is 35.5. The molecule has 1 aromatic carbocycles. The van der Waals surface area contributed by atoms with Crippen molar-refractivity contribution in [1.29, 1.82) is 0 Å². The molecule has 0 heterocycles. The molecular formula is C13H20ClNO2S. The normalized spacial score (nSPS) is 10.2. The predicted octanol–water partition coefficient (Wildman–Crippen LogP) is 3.91. The summed E-state index contributed by atoms with van der Waals surface area (Å²) < 4.78 is 10.5. The van der Waals surface area contributed by atoms with E-state index in [9.17, 15) is 0 Å². The van der Waals surface area contributed by atoms with Crippen molar-refractivity contribution in [2.24, 2.45) is 0 Å². The highest BCUT2D eigenvalue weighted by Crippen LogP contribution is 2.35. The third-order valence-corrected chi connectivity index (χ3v) is 3.74. The number of hydrogen-bond donors (Lipinski definition) is 1. The second kappa shape index (κ2) is 8.38. The predicted molar refractivity (Wildman–Crippen MR) is 80.7 cm³/mol. The van der Waals surface area contributed by atoms with Gasteiger partial charge < -0.3 is 14.8 Å². The van der Waals surface area contributed by atoms with Crippen molar-refractivity contribution in [2.75, 3.05) is 37.6 Å². The molecule has 0 amide bonds. The van der Waals surface area contributed by atoms with Crippen LogP contribution in [0.5, 0.6) is 11.5 Å². The molecule has 18 heavy (non-hydrogen) atoms. The number of benzene rings is 1. The highest BCUT2D eigenvalue weighted by molar-refractivity contribution is 7.99. The number of ether oxygens (including phenoxy) is 2. The molecule has 0 atom stereocenters. The van der Waals surface area contributed by atoms with Crippen molar-refractivity contribution in [1.82, 2.24) is 0 Å². The molecule has 0 spiro atoms. The first-order valence-corrected chi connectivity index (χ1v) is 7.49. The van der Waals surface area contributed by atoms with Crippen molar-refractivity contribution in [3.63, 3.8) is 0 Å². The van der Waals surface area contributed by atoms with Crippen LogP contribution in [0.4, 0.5) is 5.69 Å². The molecule has 0 saturated carbocycles. The number of methoxy groups -OCH3 is 2. The van der Waals surface area contributed by atoms with Crippen LogP contribution < -0.4 is 14.8 Å². The maximum absolute atomic E-state index is 6.10. The minimum Gasteiger partial charge on any atom is -0.495 e. The van der Waals surface area contributed by atoms with Crippen LogP contribution in [-0.2, 0) is 0 Å². The zero-order valence-electron chi connectivity index (χ0n) is 11.1. The second-order valence-electron chi connectivity index (χ2n) is 3.66. The van der Waals surface area contributed by atoms with Crippen LogP contribution in [-0.4, -0.2) is 32.3 Å². The van der Waals surface area contributed by atoms with Gasteiger partial charge in [0.15, 0.2) is 0 Å². The van der Waals surface area contributed by atoms with Crippen LogP contribution >= 0.6 is 23.4 Å². The van der Waals surface area contributed by atoms with E-state index in [1.807, 2.05) is 17.8 Å². The number of rotatable bonds is 8. The molecule has 3 nitrogen and oxygen atoms in total. The Labute approximate surface area is 118 Å². The van der Waals surface area contributed by atoms with Gasteiger partial charge in [-0.3, -0.25) is 0 Å². The van der Waals surface area contributed by atoms with Gasteiger partial charge in [-0.1, -0.05) is 18.5 Å². The van der Waals surface area contributed by atoms with E-state index < -0.39 is 0 Å². The van der Waals surface area contributed by atoms with Gasteiger partial charge >= 0.3 is 0 Å². The van der Waals surface area contributed by atoms with Gasteiger partial charge in [-0.2, -0.15) is 11.8 Å². The van der Waals surface area contributed by atoms with Crippen molar-refractivity contribution in [3.05, 3.63) is 17.2 Å². The van der Waals surface area contributed by atoms with Crippen molar-refractivity contribution < 1.29 is 9.47 Å². The zero-order valence-corrected chi connectivity index (χ0v) is 12.7. The number of halogens is 1. The molecule has 0 bridgehead atoms. The Hall–Kier alpha value is -0.740. The zero-order chi connectivity index (χ0) is 13.4. The summed E-state index contributed by atoms with van der Waals surface area (Å²) in [7, 11) is 3.23. The standard InChI is InChI=1S/C13H20ClNO2S/c1-4-18-7-5-6-15-11-8-10(14)12(16-2)9-13(11)17-3/h8-9,15H,4-7H2,1-3H3. The fraction of sp³-hybridized carbons (Fsp3) is 0.538. The molecule has 1 N–H and O–H groups in total. The molecule has 0 fully saturated rings. The van der Waals surface area contributed by atoms with Gasteiger partial charge in [0.05, 0.1) is 24.9 Å². The summed E-state index contributed by atoms with van der Waals surface area (Å²) in [6.07, 6.45) is 1.12. The first-order valence-electron chi connectivity index (χ1n) is 5.96. The van der Waals surface area contributed by atoms with E-state index in [1.54, 1.807) is 20.3 Å². The Bertz CT molecular complexity index is 374. The lowest BCUT2D eigenvalue weighted by atomic mass is 10.2. The Balaban J connectivity index is 2.61. The first kappa shape index (κ1) is 15.3. The fourth-order valence-corrected chi connectivity index (χ4v) is 2.42. The van der Waals surface area contributed by atoms with Gasteiger partial charge in [0.1, 0.15) is 11.5 Å². The molecule has 0 aromatic heterocycles. The first-order chi connectivity index (χ1) is 8.72. The highest BCUT2D eigenvalue weighted by Gasteiger charge is 2.09.